The Hall–Kier alpha value is -3.93. The molecule has 3 aromatic heterocycles. The first-order valence-corrected chi connectivity index (χ1v) is 13.0. The number of carbonyl (C=O) groups excluding carboxylic acids is 2. The number of hydrogen-bond acceptors (Lipinski definition) is 9. The SMILES string of the molecule is COCCN1C[C@@H](OC(=O)N2CCN(c3ccn4ncc(-c5cccnc5OC5CC5)c4n3)CC2)CC1=O. The number of anilines is 1. The Morgan fingerprint density at radius 1 is 1.11 bits per heavy atom. The fourth-order valence-electron chi connectivity index (χ4n) is 4.83. The van der Waals surface area contributed by atoms with Crippen molar-refractivity contribution < 1.29 is 23.8 Å². The fourth-order valence-corrected chi connectivity index (χ4v) is 4.83. The zero-order valence-corrected chi connectivity index (χ0v) is 21.4. The van der Waals surface area contributed by atoms with E-state index in [2.05, 4.69) is 15.0 Å². The van der Waals surface area contributed by atoms with Gasteiger partial charge in [0.2, 0.25) is 11.8 Å². The number of hydrogen-bond donors (Lipinski definition) is 0. The van der Waals surface area contributed by atoms with Crippen LogP contribution in [0.5, 0.6) is 5.88 Å². The molecule has 0 unspecified atom stereocenters. The molecule has 3 aliphatic rings. The molecule has 0 radical (unpaired) electrons. The van der Waals surface area contributed by atoms with Gasteiger partial charge in [0, 0.05) is 57.8 Å². The number of methoxy groups -OCH3 is 1. The molecule has 2 aliphatic heterocycles. The predicted molar refractivity (Wildman–Crippen MR) is 137 cm³/mol. The second-order valence-electron chi connectivity index (χ2n) is 9.80. The summed E-state index contributed by atoms with van der Waals surface area (Å²) in [7, 11) is 1.60. The number of carbonyl (C=O) groups is 2. The van der Waals surface area contributed by atoms with Crippen LogP contribution in [0.4, 0.5) is 10.6 Å². The van der Waals surface area contributed by atoms with Crippen LogP contribution in [0.3, 0.4) is 0 Å². The lowest BCUT2D eigenvalue weighted by molar-refractivity contribution is -0.128. The molecule has 12 heteroatoms. The van der Waals surface area contributed by atoms with Crippen molar-refractivity contribution >= 4 is 23.5 Å². The van der Waals surface area contributed by atoms with Gasteiger partial charge in [0.05, 0.1) is 31.3 Å². The molecular weight excluding hydrogens is 490 g/mol. The number of pyridine rings is 1. The molecule has 3 aromatic rings. The normalized spacial score (nSPS) is 19.9. The van der Waals surface area contributed by atoms with Gasteiger partial charge in [-0.05, 0) is 31.0 Å². The van der Waals surface area contributed by atoms with Gasteiger partial charge in [0.15, 0.2) is 5.65 Å². The molecule has 2 amide bonds. The molecule has 0 N–H and O–H groups in total. The third-order valence-corrected chi connectivity index (χ3v) is 7.09. The minimum atomic E-state index is -0.421. The molecule has 0 bridgehead atoms. The van der Waals surface area contributed by atoms with Gasteiger partial charge in [0.25, 0.3) is 0 Å². The minimum Gasteiger partial charge on any atom is -0.474 e. The Morgan fingerprint density at radius 2 is 1.95 bits per heavy atom. The molecular formula is C26H31N7O5. The zero-order chi connectivity index (χ0) is 26.1. The Bertz CT molecular complexity index is 1320. The maximum Gasteiger partial charge on any atom is 0.410 e. The van der Waals surface area contributed by atoms with Gasteiger partial charge in [-0.3, -0.25) is 4.79 Å². The Kier molecular flexibility index (Phi) is 6.71. The van der Waals surface area contributed by atoms with Crippen LogP contribution in [0.2, 0.25) is 0 Å². The summed E-state index contributed by atoms with van der Waals surface area (Å²) < 4.78 is 18.5. The molecule has 0 spiro atoms. The van der Waals surface area contributed by atoms with Crippen molar-refractivity contribution in [2.45, 2.75) is 31.5 Å². The van der Waals surface area contributed by atoms with Crippen LogP contribution < -0.4 is 9.64 Å². The highest BCUT2D eigenvalue weighted by Crippen LogP contribution is 2.35. The van der Waals surface area contributed by atoms with E-state index in [1.165, 1.54) is 0 Å². The lowest BCUT2D eigenvalue weighted by Gasteiger charge is -2.35. The topological polar surface area (TPSA) is 115 Å². The van der Waals surface area contributed by atoms with Gasteiger partial charge in [-0.1, -0.05) is 0 Å². The third-order valence-electron chi connectivity index (χ3n) is 7.09. The van der Waals surface area contributed by atoms with Crippen LogP contribution in [-0.4, -0.2) is 107 Å². The summed E-state index contributed by atoms with van der Waals surface area (Å²) in [4.78, 5) is 39.8. The van der Waals surface area contributed by atoms with Crippen molar-refractivity contribution in [3.8, 4) is 17.0 Å². The predicted octanol–water partition coefficient (Wildman–Crippen LogP) is 1.84. The maximum absolute atomic E-state index is 12.8. The van der Waals surface area contributed by atoms with E-state index in [0.717, 1.165) is 35.4 Å². The first kappa shape index (κ1) is 24.4. The van der Waals surface area contributed by atoms with Crippen LogP contribution in [0.1, 0.15) is 19.3 Å². The molecule has 12 nitrogen and oxygen atoms in total. The number of fused-ring (bicyclic) bond motifs is 1. The average molecular weight is 522 g/mol. The standard InChI is InChI=1S/C26H31N7O5/c1-36-14-13-32-17-19(15-23(32)34)38-26(35)31-11-9-30(10-12-31)22-6-8-33-24(29-22)21(16-28-33)20-3-2-7-27-25(20)37-18-4-5-18/h2-3,6-8,16,18-19H,4-5,9-15,17H2,1H3/t19-/m0/s1. The second-order valence-corrected chi connectivity index (χ2v) is 9.80. The highest BCUT2D eigenvalue weighted by molar-refractivity contribution is 5.81. The van der Waals surface area contributed by atoms with E-state index < -0.39 is 6.10 Å². The van der Waals surface area contributed by atoms with Gasteiger partial charge >= 0.3 is 6.09 Å². The summed E-state index contributed by atoms with van der Waals surface area (Å²) in [6, 6.07) is 5.80. The lowest BCUT2D eigenvalue weighted by atomic mass is 10.1. The second kappa shape index (κ2) is 10.4. The van der Waals surface area contributed by atoms with E-state index in [0.29, 0.717) is 51.8 Å². The van der Waals surface area contributed by atoms with Crippen LogP contribution in [0.15, 0.2) is 36.8 Å². The molecule has 2 saturated heterocycles. The van der Waals surface area contributed by atoms with E-state index in [1.807, 2.05) is 24.4 Å². The van der Waals surface area contributed by atoms with Crippen LogP contribution in [0, 0.1) is 0 Å². The van der Waals surface area contributed by atoms with Crippen molar-refractivity contribution in [1.82, 2.24) is 29.4 Å². The Balaban J connectivity index is 1.10. The monoisotopic (exact) mass is 521 g/mol. The van der Waals surface area contributed by atoms with E-state index in [1.54, 1.807) is 33.8 Å². The number of ether oxygens (including phenoxy) is 3. The van der Waals surface area contributed by atoms with Gasteiger partial charge < -0.3 is 28.9 Å². The van der Waals surface area contributed by atoms with Crippen molar-refractivity contribution in [3.05, 3.63) is 36.8 Å². The maximum atomic E-state index is 12.8. The summed E-state index contributed by atoms with van der Waals surface area (Å²) in [6.45, 7) is 3.64. The van der Waals surface area contributed by atoms with E-state index in [-0.39, 0.29) is 24.5 Å². The number of aromatic nitrogens is 4. The first-order valence-electron chi connectivity index (χ1n) is 13.0. The smallest absolute Gasteiger partial charge is 0.410 e. The van der Waals surface area contributed by atoms with Crippen molar-refractivity contribution in [2.75, 3.05) is 57.9 Å². The van der Waals surface area contributed by atoms with E-state index >= 15 is 0 Å². The van der Waals surface area contributed by atoms with Crippen molar-refractivity contribution in [2.24, 2.45) is 0 Å². The summed E-state index contributed by atoms with van der Waals surface area (Å²) in [5.41, 5.74) is 2.46. The third kappa shape index (κ3) is 5.08. The number of amides is 2. The number of rotatable bonds is 8. The zero-order valence-electron chi connectivity index (χ0n) is 21.4. The van der Waals surface area contributed by atoms with Gasteiger partial charge in [0.1, 0.15) is 18.0 Å². The Morgan fingerprint density at radius 3 is 2.74 bits per heavy atom. The highest BCUT2D eigenvalue weighted by atomic mass is 16.6. The van der Waals surface area contributed by atoms with Crippen LogP contribution in [0.25, 0.3) is 16.8 Å². The molecule has 38 heavy (non-hydrogen) atoms. The van der Waals surface area contributed by atoms with Crippen LogP contribution >= 0.6 is 0 Å². The summed E-state index contributed by atoms with van der Waals surface area (Å²) in [6.07, 6.45) is 7.19. The number of piperazine rings is 1. The molecule has 6 rings (SSSR count). The lowest BCUT2D eigenvalue weighted by Crippen LogP contribution is -2.49. The molecule has 3 fully saturated rings. The minimum absolute atomic E-state index is 0.0112. The van der Waals surface area contributed by atoms with Crippen molar-refractivity contribution in [1.29, 1.82) is 0 Å². The molecule has 5 heterocycles. The summed E-state index contributed by atoms with van der Waals surface area (Å²) >= 11 is 0. The van der Waals surface area contributed by atoms with E-state index in [9.17, 15) is 9.59 Å². The highest BCUT2D eigenvalue weighted by Gasteiger charge is 2.34. The quantitative estimate of drug-likeness (QED) is 0.438. The average Bonchev–Trinajstić information content (AvgIpc) is 3.55. The largest absolute Gasteiger partial charge is 0.474 e. The summed E-state index contributed by atoms with van der Waals surface area (Å²) in [5, 5.41) is 4.48. The van der Waals surface area contributed by atoms with E-state index in [4.69, 9.17) is 19.2 Å². The first-order chi connectivity index (χ1) is 18.6. The molecule has 0 aromatic carbocycles. The van der Waals surface area contributed by atoms with Gasteiger partial charge in [-0.2, -0.15) is 5.10 Å². The number of nitrogens with zero attached hydrogens (tertiary/aromatic N) is 7. The van der Waals surface area contributed by atoms with Crippen molar-refractivity contribution in [3.63, 3.8) is 0 Å². The Labute approximate surface area is 220 Å². The summed E-state index contributed by atoms with van der Waals surface area (Å²) in [5.74, 6) is 1.41. The molecule has 1 aliphatic carbocycles. The van der Waals surface area contributed by atoms with Gasteiger partial charge in [-0.25, -0.2) is 19.3 Å². The number of likely N-dealkylation sites (tertiary alicyclic amines) is 1. The molecule has 200 valence electrons. The molecule has 1 saturated carbocycles. The van der Waals surface area contributed by atoms with Crippen LogP contribution in [-0.2, 0) is 14.3 Å². The van der Waals surface area contributed by atoms with Gasteiger partial charge in [-0.15, -0.1) is 0 Å². The molecule has 1 atom stereocenters. The fraction of sp³-hybridized carbons (Fsp3) is 0.500.